The van der Waals surface area contributed by atoms with Crippen molar-refractivity contribution in [2.75, 3.05) is 13.1 Å². The van der Waals surface area contributed by atoms with Crippen molar-refractivity contribution in [3.63, 3.8) is 0 Å². The highest BCUT2D eigenvalue weighted by Crippen LogP contribution is 2.39. The topological polar surface area (TPSA) is 50.3 Å². The molecule has 0 bridgehead atoms. The van der Waals surface area contributed by atoms with Gasteiger partial charge in [0.15, 0.2) is 0 Å². The van der Waals surface area contributed by atoms with E-state index in [1.165, 1.54) is 11.1 Å². The third-order valence-corrected chi connectivity index (χ3v) is 9.66. The highest BCUT2D eigenvalue weighted by molar-refractivity contribution is 7.91. The molecule has 3 heterocycles. The quantitative estimate of drug-likeness (QED) is 0.453. The number of piperidine rings is 1. The second-order valence-corrected chi connectivity index (χ2v) is 12.1. The van der Waals surface area contributed by atoms with Crippen LogP contribution >= 0.6 is 34.5 Å². The Balaban J connectivity index is 1.65. The fourth-order valence-corrected chi connectivity index (χ4v) is 7.75. The summed E-state index contributed by atoms with van der Waals surface area (Å²) in [6.45, 7) is 0.850. The first-order valence-corrected chi connectivity index (χ1v) is 13.2. The molecule has 5 rings (SSSR count). The SMILES string of the molecule is O=S(=O)(c1ccc(Cl)s1)N1CCC/C(=C2\c3ccc(Cl)cc3CCc3cccnc32)C1. The second kappa shape index (κ2) is 8.34. The van der Waals surface area contributed by atoms with E-state index in [9.17, 15) is 8.42 Å². The van der Waals surface area contributed by atoms with E-state index in [0.29, 0.717) is 22.4 Å². The molecule has 0 saturated carbocycles. The molecule has 2 aliphatic rings. The first kappa shape index (κ1) is 21.2. The first-order chi connectivity index (χ1) is 14.9. The van der Waals surface area contributed by atoms with E-state index in [0.717, 1.165) is 59.4 Å². The lowest BCUT2D eigenvalue weighted by Gasteiger charge is -2.29. The summed E-state index contributed by atoms with van der Waals surface area (Å²) in [6, 6.07) is 13.3. The van der Waals surface area contributed by atoms with Crippen LogP contribution in [0.1, 0.15) is 35.2 Å². The third-order valence-electron chi connectivity index (χ3n) is 5.88. The van der Waals surface area contributed by atoms with Crippen molar-refractivity contribution in [1.29, 1.82) is 0 Å². The van der Waals surface area contributed by atoms with Crippen LogP contribution in [0.5, 0.6) is 0 Å². The van der Waals surface area contributed by atoms with Crippen molar-refractivity contribution in [3.8, 4) is 0 Å². The minimum Gasteiger partial charge on any atom is -0.256 e. The van der Waals surface area contributed by atoms with Gasteiger partial charge in [0.1, 0.15) is 4.21 Å². The number of aromatic nitrogens is 1. The number of sulfonamides is 1. The molecule has 1 aromatic carbocycles. The monoisotopic (exact) mass is 490 g/mol. The van der Waals surface area contributed by atoms with Gasteiger partial charge < -0.3 is 0 Å². The Bertz CT molecular complexity index is 1300. The number of aryl methyl sites for hydroxylation is 2. The van der Waals surface area contributed by atoms with E-state index in [2.05, 4.69) is 12.1 Å². The average molecular weight is 491 g/mol. The van der Waals surface area contributed by atoms with Crippen molar-refractivity contribution in [1.82, 2.24) is 9.29 Å². The molecule has 4 nitrogen and oxygen atoms in total. The van der Waals surface area contributed by atoms with Gasteiger partial charge in [-0.1, -0.05) is 35.3 Å². The number of fused-ring (bicyclic) bond motifs is 2. The van der Waals surface area contributed by atoms with Gasteiger partial charge in [-0.2, -0.15) is 4.31 Å². The maximum absolute atomic E-state index is 13.3. The van der Waals surface area contributed by atoms with Crippen LogP contribution in [-0.2, 0) is 22.9 Å². The minimum absolute atomic E-state index is 0.287. The lowest BCUT2D eigenvalue weighted by Crippen LogP contribution is -2.36. The molecule has 3 aromatic rings. The van der Waals surface area contributed by atoms with Gasteiger partial charge in [0.2, 0.25) is 0 Å². The molecule has 1 saturated heterocycles. The molecular formula is C23H20Cl2N2O2S2. The van der Waals surface area contributed by atoms with E-state index in [4.69, 9.17) is 28.2 Å². The number of nitrogens with zero attached hydrogens (tertiary/aromatic N) is 2. The lowest BCUT2D eigenvalue weighted by atomic mass is 9.90. The Morgan fingerprint density at radius 2 is 1.84 bits per heavy atom. The highest BCUT2D eigenvalue weighted by atomic mass is 35.5. The zero-order valence-electron chi connectivity index (χ0n) is 16.6. The van der Waals surface area contributed by atoms with Crippen molar-refractivity contribution in [3.05, 3.63) is 86.0 Å². The number of hydrogen-bond donors (Lipinski definition) is 0. The lowest BCUT2D eigenvalue weighted by molar-refractivity contribution is 0.396. The maximum Gasteiger partial charge on any atom is 0.252 e. The Morgan fingerprint density at radius 1 is 1.00 bits per heavy atom. The van der Waals surface area contributed by atoms with Gasteiger partial charge in [0.05, 0.1) is 10.0 Å². The minimum atomic E-state index is -3.59. The largest absolute Gasteiger partial charge is 0.256 e. The second-order valence-electron chi connectivity index (χ2n) is 7.79. The van der Waals surface area contributed by atoms with Crippen LogP contribution in [0, 0.1) is 0 Å². The molecule has 0 amide bonds. The highest BCUT2D eigenvalue weighted by Gasteiger charge is 2.32. The van der Waals surface area contributed by atoms with Crippen molar-refractivity contribution < 1.29 is 8.42 Å². The van der Waals surface area contributed by atoms with Gasteiger partial charge in [0, 0.05) is 29.9 Å². The smallest absolute Gasteiger partial charge is 0.252 e. The average Bonchev–Trinajstić information content (AvgIpc) is 3.15. The predicted octanol–water partition coefficient (Wildman–Crippen LogP) is 5.84. The molecule has 1 fully saturated rings. The standard InChI is InChI=1S/C23H20Cl2N2O2S2/c24-18-7-8-19-16(13-18)6-5-15-3-1-11-26-23(15)22(19)17-4-2-12-27(14-17)31(28,29)21-10-9-20(25)30-21/h1,3,7-11,13H,2,4-6,12,14H2/b22-17-. The summed E-state index contributed by atoms with van der Waals surface area (Å²) in [5.41, 5.74) is 6.58. The first-order valence-electron chi connectivity index (χ1n) is 10.1. The molecule has 0 unspecified atom stereocenters. The van der Waals surface area contributed by atoms with E-state index in [-0.39, 0.29) is 4.21 Å². The third kappa shape index (κ3) is 3.96. The van der Waals surface area contributed by atoms with Gasteiger partial charge in [-0.05, 0) is 78.3 Å². The van der Waals surface area contributed by atoms with E-state index < -0.39 is 10.0 Å². The molecule has 8 heteroatoms. The van der Waals surface area contributed by atoms with E-state index in [1.807, 2.05) is 24.4 Å². The summed E-state index contributed by atoms with van der Waals surface area (Å²) in [5.74, 6) is 0. The van der Waals surface area contributed by atoms with Crippen LogP contribution in [0.15, 0.2) is 58.4 Å². The van der Waals surface area contributed by atoms with Crippen LogP contribution < -0.4 is 0 Å². The zero-order valence-corrected chi connectivity index (χ0v) is 19.8. The molecule has 1 aliphatic heterocycles. The molecule has 160 valence electrons. The number of pyridine rings is 1. The zero-order chi connectivity index (χ0) is 21.6. The van der Waals surface area contributed by atoms with Crippen LogP contribution in [0.25, 0.3) is 5.57 Å². The van der Waals surface area contributed by atoms with Crippen LogP contribution in [0.3, 0.4) is 0 Å². The fraction of sp³-hybridized carbons (Fsp3) is 0.261. The molecule has 0 radical (unpaired) electrons. The predicted molar refractivity (Wildman–Crippen MR) is 126 cm³/mol. The normalized spacial score (nSPS) is 19.5. The fourth-order valence-electron chi connectivity index (χ4n) is 4.45. The van der Waals surface area contributed by atoms with Crippen LogP contribution in [0.2, 0.25) is 9.36 Å². The summed E-state index contributed by atoms with van der Waals surface area (Å²) >= 11 is 13.4. The van der Waals surface area contributed by atoms with Crippen molar-refractivity contribution in [2.45, 2.75) is 29.9 Å². The summed E-state index contributed by atoms with van der Waals surface area (Å²) in [4.78, 5) is 4.73. The van der Waals surface area contributed by atoms with E-state index >= 15 is 0 Å². The van der Waals surface area contributed by atoms with Gasteiger partial charge in [-0.15, -0.1) is 11.3 Å². The number of benzene rings is 1. The van der Waals surface area contributed by atoms with Gasteiger partial charge in [0.25, 0.3) is 10.0 Å². The van der Waals surface area contributed by atoms with Crippen LogP contribution in [-0.4, -0.2) is 30.8 Å². The Morgan fingerprint density at radius 3 is 2.65 bits per heavy atom. The summed E-state index contributed by atoms with van der Waals surface area (Å²) in [6.07, 6.45) is 5.17. The summed E-state index contributed by atoms with van der Waals surface area (Å²) in [5, 5.41) is 0.712. The molecule has 31 heavy (non-hydrogen) atoms. The van der Waals surface area contributed by atoms with E-state index in [1.54, 1.807) is 16.4 Å². The van der Waals surface area contributed by atoms with Crippen LogP contribution in [0.4, 0.5) is 0 Å². The molecule has 1 aliphatic carbocycles. The molecule has 0 spiro atoms. The molecular weight excluding hydrogens is 471 g/mol. The Kier molecular flexibility index (Phi) is 5.69. The Labute approximate surface area is 196 Å². The van der Waals surface area contributed by atoms with Gasteiger partial charge in [-0.25, -0.2) is 8.42 Å². The number of halogens is 2. The van der Waals surface area contributed by atoms with Crippen molar-refractivity contribution in [2.24, 2.45) is 0 Å². The molecule has 0 N–H and O–H groups in total. The van der Waals surface area contributed by atoms with Gasteiger partial charge >= 0.3 is 0 Å². The molecule has 2 aromatic heterocycles. The van der Waals surface area contributed by atoms with Gasteiger partial charge in [-0.3, -0.25) is 4.98 Å². The number of thiophene rings is 1. The maximum atomic E-state index is 13.3. The summed E-state index contributed by atoms with van der Waals surface area (Å²) < 4.78 is 28.8. The summed E-state index contributed by atoms with van der Waals surface area (Å²) in [7, 11) is -3.59. The Hall–Kier alpha value is -1.70. The molecule has 0 atom stereocenters. The number of rotatable bonds is 2. The number of hydrogen-bond acceptors (Lipinski definition) is 4. The van der Waals surface area contributed by atoms with Crippen molar-refractivity contribution >= 4 is 50.1 Å².